The Morgan fingerprint density at radius 3 is 1.92 bits per heavy atom. The maximum Gasteiger partial charge on any atom is 0.259 e. The van der Waals surface area contributed by atoms with E-state index in [2.05, 4.69) is 5.32 Å². The minimum absolute atomic E-state index is 0.0408. The van der Waals surface area contributed by atoms with Crippen LogP contribution >= 0.6 is 0 Å². The summed E-state index contributed by atoms with van der Waals surface area (Å²) in [4.78, 5) is 24.8. The van der Waals surface area contributed by atoms with E-state index in [1.54, 1.807) is 13.8 Å². The van der Waals surface area contributed by atoms with Crippen LogP contribution in [-0.4, -0.2) is 11.7 Å². The monoisotopic (exact) mass is 329 g/mol. The number of nitrogens with one attached hydrogen (secondary N) is 1. The molecule has 2 aromatic rings. The summed E-state index contributed by atoms with van der Waals surface area (Å²) < 4.78 is 25.9. The number of hydrogen-bond acceptors (Lipinski definition) is 2. The summed E-state index contributed by atoms with van der Waals surface area (Å²) in [6.07, 6.45) is 1.42. The maximum absolute atomic E-state index is 13.0. The molecule has 5 heteroatoms. The molecule has 0 atom stereocenters. The smallest absolute Gasteiger partial charge is 0.259 e. The minimum Gasteiger partial charge on any atom is -0.322 e. The molecule has 2 rings (SSSR count). The molecule has 0 radical (unpaired) electrons. The standard InChI is InChI=1S/C19H17F2NO2/c1-12(2)18(23)17(11-13-3-5-14(20)6-4-13)19(24)22-16-9-7-15(21)8-10-16/h3-12H,1-2H3,(H,22,24). The number of rotatable bonds is 5. The molecule has 124 valence electrons. The molecule has 0 aliphatic heterocycles. The highest BCUT2D eigenvalue weighted by atomic mass is 19.1. The van der Waals surface area contributed by atoms with E-state index in [0.717, 1.165) is 0 Å². The lowest BCUT2D eigenvalue weighted by atomic mass is 9.98. The fraction of sp³-hybridized carbons (Fsp3) is 0.158. The van der Waals surface area contributed by atoms with Gasteiger partial charge in [0.15, 0.2) is 5.78 Å². The molecule has 0 aliphatic carbocycles. The van der Waals surface area contributed by atoms with Crippen LogP contribution in [0.5, 0.6) is 0 Å². The summed E-state index contributed by atoms with van der Waals surface area (Å²) in [5, 5.41) is 2.57. The third-order valence-corrected chi connectivity index (χ3v) is 3.32. The Kier molecular flexibility index (Phi) is 5.58. The van der Waals surface area contributed by atoms with E-state index in [1.807, 2.05) is 0 Å². The van der Waals surface area contributed by atoms with Crippen LogP contribution in [0.4, 0.5) is 14.5 Å². The lowest BCUT2D eigenvalue weighted by molar-refractivity contribution is -0.121. The Labute approximate surface area is 139 Å². The molecule has 0 aliphatic rings. The number of carbonyl (C=O) groups is 2. The predicted molar refractivity (Wildman–Crippen MR) is 89.3 cm³/mol. The van der Waals surface area contributed by atoms with Gasteiger partial charge in [-0.2, -0.15) is 0 Å². The minimum atomic E-state index is -0.593. The molecule has 0 fully saturated rings. The molecular formula is C19H17F2NO2. The number of Topliss-reactive ketones (excluding diaryl/α,β-unsaturated/α-hetero) is 1. The van der Waals surface area contributed by atoms with Gasteiger partial charge in [-0.3, -0.25) is 9.59 Å². The van der Waals surface area contributed by atoms with Crippen LogP contribution in [0.2, 0.25) is 0 Å². The van der Waals surface area contributed by atoms with Gasteiger partial charge in [0, 0.05) is 11.6 Å². The van der Waals surface area contributed by atoms with Crippen molar-refractivity contribution in [1.29, 1.82) is 0 Å². The second-order valence-corrected chi connectivity index (χ2v) is 5.59. The van der Waals surface area contributed by atoms with Gasteiger partial charge in [0.1, 0.15) is 11.6 Å². The summed E-state index contributed by atoms with van der Waals surface area (Å²) >= 11 is 0. The second-order valence-electron chi connectivity index (χ2n) is 5.59. The zero-order chi connectivity index (χ0) is 17.7. The molecule has 0 heterocycles. The molecule has 0 aromatic heterocycles. The van der Waals surface area contributed by atoms with Crippen molar-refractivity contribution in [2.45, 2.75) is 13.8 Å². The lowest BCUT2D eigenvalue weighted by Crippen LogP contribution is -2.23. The Bertz CT molecular complexity index is 763. The second kappa shape index (κ2) is 7.64. The molecule has 0 unspecified atom stereocenters. The Hall–Kier alpha value is -2.82. The van der Waals surface area contributed by atoms with Crippen molar-refractivity contribution in [2.24, 2.45) is 5.92 Å². The van der Waals surface area contributed by atoms with Crippen molar-refractivity contribution < 1.29 is 18.4 Å². The van der Waals surface area contributed by atoms with Gasteiger partial charge in [-0.05, 0) is 48.0 Å². The van der Waals surface area contributed by atoms with Crippen LogP contribution in [0, 0.1) is 17.6 Å². The first kappa shape index (κ1) is 17.5. The maximum atomic E-state index is 13.0. The largest absolute Gasteiger partial charge is 0.322 e. The fourth-order valence-corrected chi connectivity index (χ4v) is 2.02. The molecule has 0 saturated heterocycles. The van der Waals surface area contributed by atoms with Gasteiger partial charge in [0.05, 0.1) is 5.57 Å². The average Bonchev–Trinajstić information content (AvgIpc) is 2.55. The van der Waals surface area contributed by atoms with Crippen LogP contribution in [0.1, 0.15) is 19.4 Å². The lowest BCUT2D eigenvalue weighted by Gasteiger charge is -2.11. The highest BCUT2D eigenvalue weighted by Crippen LogP contribution is 2.16. The third kappa shape index (κ3) is 4.59. The van der Waals surface area contributed by atoms with Crippen LogP contribution < -0.4 is 5.32 Å². The summed E-state index contributed by atoms with van der Waals surface area (Å²) in [7, 11) is 0. The van der Waals surface area contributed by atoms with Crippen LogP contribution in [0.15, 0.2) is 54.1 Å². The van der Waals surface area contributed by atoms with Crippen molar-refractivity contribution in [1.82, 2.24) is 0 Å². The average molecular weight is 329 g/mol. The molecular weight excluding hydrogens is 312 g/mol. The number of amides is 1. The number of benzene rings is 2. The van der Waals surface area contributed by atoms with Crippen molar-refractivity contribution >= 4 is 23.5 Å². The van der Waals surface area contributed by atoms with Crippen LogP contribution in [0.25, 0.3) is 6.08 Å². The van der Waals surface area contributed by atoms with E-state index in [-0.39, 0.29) is 17.3 Å². The van der Waals surface area contributed by atoms with Gasteiger partial charge in [-0.1, -0.05) is 26.0 Å². The van der Waals surface area contributed by atoms with Crippen molar-refractivity contribution in [3.63, 3.8) is 0 Å². The molecule has 1 amide bonds. The fourth-order valence-electron chi connectivity index (χ4n) is 2.02. The van der Waals surface area contributed by atoms with Crippen LogP contribution in [-0.2, 0) is 9.59 Å². The Balaban J connectivity index is 2.31. The zero-order valence-electron chi connectivity index (χ0n) is 13.3. The Morgan fingerprint density at radius 1 is 0.917 bits per heavy atom. The molecule has 0 bridgehead atoms. The van der Waals surface area contributed by atoms with Gasteiger partial charge in [0.25, 0.3) is 5.91 Å². The first-order valence-electron chi connectivity index (χ1n) is 7.45. The van der Waals surface area contributed by atoms with Crippen molar-refractivity contribution in [3.8, 4) is 0 Å². The first-order valence-corrected chi connectivity index (χ1v) is 7.45. The van der Waals surface area contributed by atoms with Crippen molar-refractivity contribution in [3.05, 3.63) is 71.3 Å². The molecule has 2 aromatic carbocycles. The number of ketones is 1. The molecule has 3 nitrogen and oxygen atoms in total. The molecule has 0 saturated carbocycles. The predicted octanol–water partition coefficient (Wildman–Crippen LogP) is 4.21. The van der Waals surface area contributed by atoms with E-state index < -0.39 is 17.5 Å². The summed E-state index contributed by atoms with van der Waals surface area (Å²) in [6, 6.07) is 10.7. The van der Waals surface area contributed by atoms with Gasteiger partial charge in [-0.15, -0.1) is 0 Å². The molecule has 0 spiro atoms. The SMILES string of the molecule is CC(C)C(=O)C(=Cc1ccc(F)cc1)C(=O)Nc1ccc(F)cc1. The number of carbonyl (C=O) groups excluding carboxylic acids is 2. The van der Waals surface area contributed by atoms with E-state index >= 15 is 0 Å². The first-order chi connectivity index (χ1) is 11.4. The normalized spacial score (nSPS) is 11.5. The molecule has 24 heavy (non-hydrogen) atoms. The topological polar surface area (TPSA) is 46.2 Å². The highest BCUT2D eigenvalue weighted by molar-refractivity contribution is 6.26. The van der Waals surface area contributed by atoms with E-state index in [4.69, 9.17) is 0 Å². The summed E-state index contributed by atoms with van der Waals surface area (Å²) in [5.74, 6) is -2.13. The number of hydrogen-bond donors (Lipinski definition) is 1. The van der Waals surface area contributed by atoms with Gasteiger partial charge < -0.3 is 5.32 Å². The van der Waals surface area contributed by atoms with Gasteiger partial charge in [-0.25, -0.2) is 8.78 Å². The number of halogens is 2. The van der Waals surface area contributed by atoms with Gasteiger partial charge >= 0.3 is 0 Å². The molecule has 1 N–H and O–H groups in total. The number of anilines is 1. The summed E-state index contributed by atoms with van der Waals surface area (Å²) in [6.45, 7) is 3.37. The highest BCUT2D eigenvalue weighted by Gasteiger charge is 2.21. The van der Waals surface area contributed by atoms with E-state index in [0.29, 0.717) is 11.3 Å². The third-order valence-electron chi connectivity index (χ3n) is 3.32. The Morgan fingerprint density at radius 2 is 1.42 bits per heavy atom. The summed E-state index contributed by atoms with van der Waals surface area (Å²) in [5.41, 5.74) is 0.874. The van der Waals surface area contributed by atoms with E-state index in [9.17, 15) is 18.4 Å². The van der Waals surface area contributed by atoms with E-state index in [1.165, 1.54) is 54.6 Å². The van der Waals surface area contributed by atoms with Crippen LogP contribution in [0.3, 0.4) is 0 Å². The quantitative estimate of drug-likeness (QED) is 0.507. The van der Waals surface area contributed by atoms with Gasteiger partial charge in [0.2, 0.25) is 0 Å². The zero-order valence-corrected chi connectivity index (χ0v) is 13.3. The van der Waals surface area contributed by atoms with Crippen molar-refractivity contribution in [2.75, 3.05) is 5.32 Å².